The van der Waals surface area contributed by atoms with Crippen molar-refractivity contribution in [3.05, 3.63) is 34.3 Å². The molecule has 5 heteroatoms. The minimum atomic E-state index is -0.538. The lowest BCUT2D eigenvalue weighted by molar-refractivity contribution is -0.145. The Morgan fingerprint density at radius 1 is 1.28 bits per heavy atom. The number of piperazine rings is 1. The van der Waals surface area contributed by atoms with Crippen LogP contribution in [0.2, 0.25) is 0 Å². The van der Waals surface area contributed by atoms with Crippen molar-refractivity contribution in [2.45, 2.75) is 24.9 Å². The molecule has 1 aromatic rings. The van der Waals surface area contributed by atoms with Crippen molar-refractivity contribution < 1.29 is 9.59 Å². The van der Waals surface area contributed by atoms with Crippen LogP contribution in [0.15, 0.2) is 28.7 Å². The summed E-state index contributed by atoms with van der Waals surface area (Å²) in [5.74, 6) is -0.0679. The first kappa shape index (κ1) is 11.7. The summed E-state index contributed by atoms with van der Waals surface area (Å²) in [6.45, 7) is 0.202. The van der Waals surface area contributed by atoms with Crippen LogP contribution in [0.4, 0.5) is 0 Å². The molecule has 4 nitrogen and oxygen atoms in total. The predicted octanol–water partition coefficient (Wildman–Crippen LogP) is 1.61. The number of nitrogens with one attached hydrogen (secondary N) is 1. The van der Waals surface area contributed by atoms with Crippen LogP contribution in [0.25, 0.3) is 0 Å². The molecule has 1 N–H and O–H groups in total. The topological polar surface area (TPSA) is 49.4 Å². The summed E-state index contributed by atoms with van der Waals surface area (Å²) >= 11 is 3.38. The second-order valence-corrected chi connectivity index (χ2v) is 5.67. The quantitative estimate of drug-likeness (QED) is 0.902. The molecule has 1 aromatic carbocycles. The maximum Gasteiger partial charge on any atom is 0.250 e. The van der Waals surface area contributed by atoms with E-state index in [-0.39, 0.29) is 24.4 Å². The lowest BCUT2D eigenvalue weighted by atomic mass is 10.0. The number of amides is 2. The van der Waals surface area contributed by atoms with E-state index in [0.29, 0.717) is 0 Å². The Balaban J connectivity index is 1.90. The summed E-state index contributed by atoms with van der Waals surface area (Å²) in [6, 6.07) is 7.25. The fourth-order valence-electron chi connectivity index (χ4n) is 2.27. The van der Waals surface area contributed by atoms with E-state index in [1.54, 1.807) is 4.90 Å². The largest absolute Gasteiger partial charge is 0.339 e. The molecular weight excluding hydrogens is 296 g/mol. The number of hydrogen-bond donors (Lipinski definition) is 1. The van der Waals surface area contributed by atoms with Crippen molar-refractivity contribution in [1.29, 1.82) is 0 Å². The van der Waals surface area contributed by atoms with Gasteiger partial charge in [-0.3, -0.25) is 9.59 Å². The van der Waals surface area contributed by atoms with Gasteiger partial charge < -0.3 is 10.2 Å². The van der Waals surface area contributed by atoms with E-state index in [9.17, 15) is 9.59 Å². The number of benzene rings is 1. The Kier molecular flexibility index (Phi) is 2.86. The third-order valence-electron chi connectivity index (χ3n) is 3.32. The minimum Gasteiger partial charge on any atom is -0.339 e. The Hall–Kier alpha value is -1.36. The minimum absolute atomic E-state index is 0.00944. The van der Waals surface area contributed by atoms with Crippen LogP contribution >= 0.6 is 15.9 Å². The first-order valence-corrected chi connectivity index (χ1v) is 6.80. The summed E-state index contributed by atoms with van der Waals surface area (Å²) in [5, 5.41) is 2.77. The standard InChI is InChI=1S/C13H13BrN2O2/c14-9-3-1-2-8(6-9)12-13(18)16(10-4-5-10)7-11(17)15-12/h1-3,6,10,12H,4-5,7H2,(H,15,17)/t12-/m0/s1. The molecule has 2 aliphatic rings. The van der Waals surface area contributed by atoms with Crippen LogP contribution in [0.5, 0.6) is 0 Å². The molecule has 1 heterocycles. The van der Waals surface area contributed by atoms with Crippen molar-refractivity contribution >= 4 is 27.7 Å². The van der Waals surface area contributed by atoms with E-state index in [1.807, 2.05) is 24.3 Å². The number of carbonyl (C=O) groups is 2. The zero-order valence-corrected chi connectivity index (χ0v) is 11.3. The summed E-state index contributed by atoms with van der Waals surface area (Å²) in [4.78, 5) is 25.8. The third-order valence-corrected chi connectivity index (χ3v) is 3.81. The monoisotopic (exact) mass is 308 g/mol. The van der Waals surface area contributed by atoms with Crippen LogP contribution < -0.4 is 5.32 Å². The summed E-state index contributed by atoms with van der Waals surface area (Å²) in [6.07, 6.45) is 2.04. The zero-order valence-electron chi connectivity index (χ0n) is 9.73. The molecule has 1 saturated carbocycles. The zero-order chi connectivity index (χ0) is 12.7. The molecule has 1 aliphatic heterocycles. The highest BCUT2D eigenvalue weighted by Crippen LogP contribution is 2.31. The van der Waals surface area contributed by atoms with Gasteiger partial charge in [0.05, 0.1) is 6.54 Å². The maximum absolute atomic E-state index is 12.4. The molecule has 0 aromatic heterocycles. The normalized spacial score (nSPS) is 24.1. The van der Waals surface area contributed by atoms with E-state index in [4.69, 9.17) is 0 Å². The molecule has 1 atom stereocenters. The molecule has 3 rings (SSSR count). The first-order chi connectivity index (χ1) is 8.65. The van der Waals surface area contributed by atoms with Gasteiger partial charge in [0.15, 0.2) is 0 Å². The smallest absolute Gasteiger partial charge is 0.250 e. The molecule has 94 valence electrons. The van der Waals surface area contributed by atoms with E-state index < -0.39 is 6.04 Å². The number of nitrogens with zero attached hydrogens (tertiary/aromatic N) is 1. The van der Waals surface area contributed by atoms with Crippen molar-refractivity contribution in [2.75, 3.05) is 6.54 Å². The van der Waals surface area contributed by atoms with Crippen molar-refractivity contribution in [2.24, 2.45) is 0 Å². The number of hydrogen-bond acceptors (Lipinski definition) is 2. The molecule has 0 radical (unpaired) electrons. The third kappa shape index (κ3) is 2.14. The van der Waals surface area contributed by atoms with Crippen LogP contribution in [0, 0.1) is 0 Å². The average molecular weight is 309 g/mol. The Labute approximate surface area is 113 Å². The maximum atomic E-state index is 12.4. The highest BCUT2D eigenvalue weighted by molar-refractivity contribution is 9.10. The molecule has 2 amide bonds. The summed E-state index contributed by atoms with van der Waals surface area (Å²) in [7, 11) is 0. The van der Waals surface area contributed by atoms with Gasteiger partial charge in [-0.1, -0.05) is 28.1 Å². The number of halogens is 1. The number of carbonyl (C=O) groups excluding carboxylic acids is 2. The van der Waals surface area contributed by atoms with E-state index in [2.05, 4.69) is 21.2 Å². The van der Waals surface area contributed by atoms with Gasteiger partial charge in [0.1, 0.15) is 6.04 Å². The van der Waals surface area contributed by atoms with E-state index in [1.165, 1.54) is 0 Å². The SMILES string of the molecule is O=C1CN(C2CC2)C(=O)[C@H](c2cccc(Br)c2)N1. The Morgan fingerprint density at radius 2 is 2.06 bits per heavy atom. The Morgan fingerprint density at radius 3 is 2.72 bits per heavy atom. The Bertz CT molecular complexity index is 513. The summed E-state index contributed by atoms with van der Waals surface area (Å²) < 4.78 is 0.908. The molecule has 1 aliphatic carbocycles. The van der Waals surface area contributed by atoms with Crippen LogP contribution in [0.1, 0.15) is 24.4 Å². The van der Waals surface area contributed by atoms with Crippen molar-refractivity contribution in [3.63, 3.8) is 0 Å². The van der Waals surface area contributed by atoms with Gasteiger partial charge in [0.25, 0.3) is 5.91 Å². The predicted molar refractivity (Wildman–Crippen MR) is 69.8 cm³/mol. The lowest BCUT2D eigenvalue weighted by Gasteiger charge is -2.32. The van der Waals surface area contributed by atoms with Crippen molar-refractivity contribution in [3.8, 4) is 0 Å². The van der Waals surface area contributed by atoms with E-state index >= 15 is 0 Å². The van der Waals surface area contributed by atoms with Gasteiger partial charge in [0.2, 0.25) is 5.91 Å². The highest BCUT2D eigenvalue weighted by Gasteiger charge is 2.41. The van der Waals surface area contributed by atoms with Crippen molar-refractivity contribution in [1.82, 2.24) is 10.2 Å². The molecule has 18 heavy (non-hydrogen) atoms. The second-order valence-electron chi connectivity index (χ2n) is 4.75. The molecule has 0 bridgehead atoms. The molecule has 1 saturated heterocycles. The lowest BCUT2D eigenvalue weighted by Crippen LogP contribution is -2.54. The van der Waals surface area contributed by atoms with E-state index in [0.717, 1.165) is 22.9 Å². The molecule has 0 unspecified atom stereocenters. The van der Waals surface area contributed by atoms with Gasteiger partial charge in [0, 0.05) is 10.5 Å². The van der Waals surface area contributed by atoms with Crippen LogP contribution in [0.3, 0.4) is 0 Å². The van der Waals surface area contributed by atoms with Gasteiger partial charge in [-0.05, 0) is 30.5 Å². The highest BCUT2D eigenvalue weighted by atomic mass is 79.9. The molecular formula is C13H13BrN2O2. The molecule has 0 spiro atoms. The van der Waals surface area contributed by atoms with Gasteiger partial charge in [-0.25, -0.2) is 0 Å². The van der Waals surface area contributed by atoms with Gasteiger partial charge in [-0.2, -0.15) is 0 Å². The molecule has 2 fully saturated rings. The average Bonchev–Trinajstić information content (AvgIpc) is 3.16. The van der Waals surface area contributed by atoms with Gasteiger partial charge in [-0.15, -0.1) is 0 Å². The van der Waals surface area contributed by atoms with Crippen LogP contribution in [-0.4, -0.2) is 29.3 Å². The van der Waals surface area contributed by atoms with Crippen LogP contribution in [-0.2, 0) is 9.59 Å². The fourth-order valence-corrected chi connectivity index (χ4v) is 2.69. The second kappa shape index (κ2) is 4.39. The van der Waals surface area contributed by atoms with Gasteiger partial charge >= 0.3 is 0 Å². The fraction of sp³-hybridized carbons (Fsp3) is 0.385. The first-order valence-electron chi connectivity index (χ1n) is 6.00. The summed E-state index contributed by atoms with van der Waals surface area (Å²) in [5.41, 5.74) is 0.827. The number of rotatable bonds is 2.